The first kappa shape index (κ1) is 32.1. The summed E-state index contributed by atoms with van der Waals surface area (Å²) in [4.78, 5) is 34.2. The fourth-order valence-electron chi connectivity index (χ4n) is 4.44. The minimum absolute atomic E-state index is 0.178. The minimum atomic E-state index is -0.264. The van der Waals surface area contributed by atoms with Crippen molar-refractivity contribution in [3.63, 3.8) is 0 Å². The highest BCUT2D eigenvalue weighted by atomic mass is 16.6. The molecule has 0 atom stereocenters. The van der Waals surface area contributed by atoms with Crippen molar-refractivity contribution in [2.45, 2.75) is 0 Å². The van der Waals surface area contributed by atoms with Gasteiger partial charge in [-0.15, -0.1) is 0 Å². The molecule has 0 saturated carbocycles. The molecular weight excluding hydrogens is 580 g/mol. The molecule has 0 bridgehead atoms. The Bertz CT molecular complexity index is 1540. The third-order valence-corrected chi connectivity index (χ3v) is 6.44. The van der Waals surface area contributed by atoms with E-state index in [0.29, 0.717) is 56.4 Å². The molecule has 2 aromatic carbocycles. The van der Waals surface area contributed by atoms with Gasteiger partial charge in [-0.25, -0.2) is 0 Å². The molecule has 0 aliphatic rings. The van der Waals surface area contributed by atoms with E-state index < -0.39 is 0 Å². The summed E-state index contributed by atoms with van der Waals surface area (Å²) >= 11 is 0. The van der Waals surface area contributed by atoms with Crippen LogP contribution < -0.4 is 30.6 Å². The van der Waals surface area contributed by atoms with Crippen molar-refractivity contribution in [3.05, 3.63) is 107 Å². The number of hydrogen-bond donors (Lipinski definition) is 2. The van der Waals surface area contributed by atoms with Crippen molar-refractivity contribution in [2.75, 3.05) is 40.6 Å². The van der Waals surface area contributed by atoms with Gasteiger partial charge in [-0.1, -0.05) is 0 Å². The molecule has 4 aromatic rings. The number of carbonyl (C=O) groups is 2. The normalized spacial score (nSPS) is 11.1. The van der Waals surface area contributed by atoms with Gasteiger partial charge < -0.3 is 35.4 Å². The maximum atomic E-state index is 13.1. The monoisotopic (exact) mass is 612 g/mol. The summed E-state index contributed by atoms with van der Waals surface area (Å²) < 4.78 is 28.5. The zero-order valence-corrected chi connectivity index (χ0v) is 24.7. The van der Waals surface area contributed by atoms with Gasteiger partial charge in [0.2, 0.25) is 0 Å². The predicted molar refractivity (Wildman–Crippen MR) is 167 cm³/mol. The number of nitrogens with zero attached hydrogens (tertiary/aromatic N) is 4. The summed E-state index contributed by atoms with van der Waals surface area (Å²) in [6.07, 6.45) is 8.80. The molecule has 45 heavy (non-hydrogen) atoms. The van der Waals surface area contributed by atoms with Crippen molar-refractivity contribution in [2.24, 2.45) is 21.9 Å². The molecule has 0 amide bonds. The molecule has 0 unspecified atom stereocenters. The van der Waals surface area contributed by atoms with Gasteiger partial charge in [0.05, 0.1) is 51.0 Å². The van der Waals surface area contributed by atoms with Crippen LogP contribution in [0.4, 0.5) is 0 Å². The lowest BCUT2D eigenvalue weighted by Crippen LogP contribution is -2.14. The summed E-state index contributed by atoms with van der Waals surface area (Å²) in [5.41, 5.74) is 2.24. The quantitative estimate of drug-likeness (QED) is 0.0623. The lowest BCUT2D eigenvalue weighted by molar-refractivity contribution is 0.0750. The second kappa shape index (κ2) is 16.1. The van der Waals surface area contributed by atoms with Crippen molar-refractivity contribution in [3.8, 4) is 23.0 Å². The van der Waals surface area contributed by atoms with Crippen LogP contribution in [0.1, 0.15) is 43.0 Å². The van der Waals surface area contributed by atoms with E-state index in [9.17, 15) is 9.59 Å². The Morgan fingerprint density at radius 1 is 0.689 bits per heavy atom. The first-order chi connectivity index (χ1) is 22.0. The molecule has 4 N–H and O–H groups in total. The number of aromatic nitrogens is 2. The molecule has 232 valence electrons. The molecule has 0 radical (unpaired) electrons. The van der Waals surface area contributed by atoms with Gasteiger partial charge in [0.15, 0.2) is 34.6 Å². The first-order valence-corrected chi connectivity index (χ1v) is 13.6. The smallest absolute Gasteiger partial charge is 0.195 e. The second-order valence-corrected chi connectivity index (χ2v) is 9.12. The molecule has 4 rings (SSSR count). The van der Waals surface area contributed by atoms with Gasteiger partial charge in [-0.05, 0) is 48.5 Å². The van der Waals surface area contributed by atoms with Crippen LogP contribution >= 0.6 is 0 Å². The molecule has 0 aliphatic carbocycles. The van der Waals surface area contributed by atoms with E-state index in [1.807, 2.05) is 0 Å². The summed E-state index contributed by atoms with van der Waals surface area (Å²) in [6.45, 7) is 0.808. The summed E-state index contributed by atoms with van der Waals surface area (Å²) in [7, 11) is 2.92. The van der Waals surface area contributed by atoms with Gasteiger partial charge in [-0.3, -0.25) is 19.6 Å². The third-order valence-electron chi connectivity index (χ3n) is 6.44. The average molecular weight is 613 g/mol. The van der Waals surface area contributed by atoms with Crippen LogP contribution in [0.2, 0.25) is 0 Å². The summed E-state index contributed by atoms with van der Waals surface area (Å²) in [5, 5.41) is 7.19. The van der Waals surface area contributed by atoms with Crippen LogP contribution in [0, 0.1) is 0 Å². The number of pyridine rings is 2. The van der Waals surface area contributed by atoms with E-state index in [1.54, 1.807) is 60.9 Å². The fraction of sp³-hybridized carbons (Fsp3) is 0.188. The number of nitrogens with two attached hydrogens (primary N) is 2. The minimum Gasteiger partial charge on any atom is -0.492 e. The lowest BCUT2D eigenvalue weighted by Gasteiger charge is -2.16. The van der Waals surface area contributed by atoms with Gasteiger partial charge >= 0.3 is 0 Å². The molecule has 0 fully saturated rings. The predicted octanol–water partition coefficient (Wildman–Crippen LogP) is 3.02. The molecule has 2 heterocycles. The second-order valence-electron chi connectivity index (χ2n) is 9.12. The van der Waals surface area contributed by atoms with E-state index in [2.05, 4.69) is 20.2 Å². The van der Waals surface area contributed by atoms with Crippen LogP contribution in [0.25, 0.3) is 0 Å². The van der Waals surface area contributed by atoms with Crippen molar-refractivity contribution in [1.29, 1.82) is 0 Å². The van der Waals surface area contributed by atoms with E-state index >= 15 is 0 Å². The van der Waals surface area contributed by atoms with Crippen molar-refractivity contribution < 1.29 is 33.3 Å². The number of benzene rings is 2. The lowest BCUT2D eigenvalue weighted by atomic mass is 9.98. The van der Waals surface area contributed by atoms with Crippen LogP contribution in [-0.4, -0.2) is 74.6 Å². The van der Waals surface area contributed by atoms with Gasteiger partial charge in [0, 0.05) is 47.0 Å². The standard InChI is InChI=1S/C32H32N6O7/c1-41-31-25(19-37-33)23(29(39)21-5-3-11-35-17-21)7-9-27(31)44-15-13-43-14-16-45-28-10-8-24(26(20-38-34)32(28)42-2)30(40)22-6-4-12-36-18-22/h3-12,17-20H,13-16,33-34H2,1-2H3. The van der Waals surface area contributed by atoms with E-state index in [0.717, 1.165) is 0 Å². The van der Waals surface area contributed by atoms with Crippen LogP contribution in [-0.2, 0) is 4.74 Å². The van der Waals surface area contributed by atoms with Crippen LogP contribution in [0.15, 0.2) is 83.5 Å². The Balaban J connectivity index is 1.35. The molecule has 2 aromatic heterocycles. The Hall–Kier alpha value is -5.82. The molecule has 0 saturated heterocycles. The van der Waals surface area contributed by atoms with Crippen LogP contribution in [0.5, 0.6) is 23.0 Å². The maximum absolute atomic E-state index is 13.1. The highest BCUT2D eigenvalue weighted by molar-refractivity contribution is 6.15. The summed E-state index contributed by atoms with van der Waals surface area (Å²) in [5.74, 6) is 11.7. The first-order valence-electron chi connectivity index (χ1n) is 13.6. The van der Waals surface area contributed by atoms with E-state index in [-0.39, 0.29) is 38.0 Å². The third kappa shape index (κ3) is 7.77. The highest BCUT2D eigenvalue weighted by Gasteiger charge is 2.22. The number of methoxy groups -OCH3 is 2. The topological polar surface area (TPSA) is 183 Å². The SMILES string of the molecule is COc1c(OCCOCCOc2ccc(C(=O)c3cccnc3)c(C=NN)c2OC)ccc(C(=O)c2cccnc2)c1C=NN. The number of rotatable bonds is 16. The molecule has 0 aliphatic heterocycles. The van der Waals surface area contributed by atoms with Crippen LogP contribution in [0.3, 0.4) is 0 Å². The van der Waals surface area contributed by atoms with Crippen molar-refractivity contribution >= 4 is 24.0 Å². The number of carbonyl (C=O) groups excluding carboxylic acids is 2. The Labute approximate surface area is 259 Å². The van der Waals surface area contributed by atoms with Gasteiger partial charge in [0.1, 0.15) is 13.2 Å². The zero-order valence-electron chi connectivity index (χ0n) is 24.7. The highest BCUT2D eigenvalue weighted by Crippen LogP contribution is 2.35. The number of hydrazone groups is 2. The van der Waals surface area contributed by atoms with Crippen molar-refractivity contribution in [1.82, 2.24) is 9.97 Å². The zero-order chi connectivity index (χ0) is 32.0. The Kier molecular flexibility index (Phi) is 11.5. The summed E-state index contributed by atoms with van der Waals surface area (Å²) in [6, 6.07) is 13.2. The van der Waals surface area contributed by atoms with E-state index in [4.69, 9.17) is 35.4 Å². The number of ether oxygens (including phenoxy) is 5. The Morgan fingerprint density at radius 3 is 1.49 bits per heavy atom. The fourth-order valence-corrected chi connectivity index (χ4v) is 4.44. The molecule has 0 spiro atoms. The Morgan fingerprint density at radius 2 is 1.13 bits per heavy atom. The number of hydrogen-bond acceptors (Lipinski definition) is 13. The largest absolute Gasteiger partial charge is 0.492 e. The molecule has 13 nitrogen and oxygen atoms in total. The van der Waals surface area contributed by atoms with Gasteiger partial charge in [-0.2, -0.15) is 10.2 Å². The van der Waals surface area contributed by atoms with Gasteiger partial charge in [0.25, 0.3) is 0 Å². The number of ketones is 2. The molecule has 13 heteroatoms. The maximum Gasteiger partial charge on any atom is 0.195 e. The average Bonchev–Trinajstić information content (AvgIpc) is 3.08. The van der Waals surface area contributed by atoms with E-state index in [1.165, 1.54) is 39.0 Å². The molecular formula is C32H32N6O7.